The van der Waals surface area contributed by atoms with Crippen molar-refractivity contribution in [2.75, 3.05) is 14.1 Å². The normalized spacial score (nSPS) is 10.9. The van der Waals surface area contributed by atoms with Crippen molar-refractivity contribution in [1.82, 2.24) is 19.8 Å². The van der Waals surface area contributed by atoms with E-state index in [2.05, 4.69) is 21.3 Å². The molecular formula is C20H21FN4O. The van der Waals surface area contributed by atoms with E-state index >= 15 is 0 Å². The number of halogens is 1. The second-order valence-electron chi connectivity index (χ2n) is 6.31. The Labute approximate surface area is 152 Å². The maximum atomic E-state index is 13.1. The molecule has 0 fully saturated rings. The molecule has 3 aromatic rings. The summed E-state index contributed by atoms with van der Waals surface area (Å²) >= 11 is 0. The molecule has 0 spiro atoms. The number of rotatable bonds is 6. The summed E-state index contributed by atoms with van der Waals surface area (Å²) < 4.78 is 14.8. The number of aromatic nitrogens is 2. The largest absolute Gasteiger partial charge is 0.347 e. The molecule has 0 aliphatic rings. The van der Waals surface area contributed by atoms with E-state index in [1.54, 1.807) is 23.0 Å². The molecule has 0 unspecified atom stereocenters. The standard InChI is InChI=1S/C20H21FN4O/c1-24(2)13-16-6-4-3-5-15(16)11-23-20(26)19-12-22-14-25(19)18-9-7-17(21)8-10-18/h3-10,12,14H,11,13H2,1-2H3,(H,23,26). The number of carbonyl (C=O) groups excluding carboxylic acids is 1. The molecule has 1 N–H and O–H groups in total. The second kappa shape index (κ2) is 7.93. The number of benzene rings is 2. The van der Waals surface area contributed by atoms with Crippen molar-refractivity contribution in [3.8, 4) is 5.69 Å². The molecule has 0 bridgehead atoms. The van der Waals surface area contributed by atoms with Gasteiger partial charge in [-0.05, 0) is 49.5 Å². The number of hydrogen-bond acceptors (Lipinski definition) is 3. The fourth-order valence-electron chi connectivity index (χ4n) is 2.76. The van der Waals surface area contributed by atoms with E-state index < -0.39 is 0 Å². The molecule has 0 saturated heterocycles. The summed E-state index contributed by atoms with van der Waals surface area (Å²) in [5, 5.41) is 2.94. The Balaban J connectivity index is 1.74. The van der Waals surface area contributed by atoms with Gasteiger partial charge in [0, 0.05) is 18.8 Å². The monoisotopic (exact) mass is 352 g/mol. The molecule has 5 nitrogen and oxygen atoms in total. The van der Waals surface area contributed by atoms with Crippen LogP contribution in [-0.4, -0.2) is 34.5 Å². The van der Waals surface area contributed by atoms with Crippen molar-refractivity contribution >= 4 is 5.91 Å². The Kier molecular flexibility index (Phi) is 5.43. The maximum absolute atomic E-state index is 13.1. The molecular weight excluding hydrogens is 331 g/mol. The molecule has 0 radical (unpaired) electrons. The summed E-state index contributed by atoms with van der Waals surface area (Å²) in [4.78, 5) is 18.8. The molecule has 2 aromatic carbocycles. The van der Waals surface area contributed by atoms with E-state index in [9.17, 15) is 9.18 Å². The summed E-state index contributed by atoms with van der Waals surface area (Å²) in [6.07, 6.45) is 3.05. The molecule has 3 rings (SSSR count). The van der Waals surface area contributed by atoms with E-state index in [1.807, 2.05) is 32.3 Å². The quantitative estimate of drug-likeness (QED) is 0.742. The van der Waals surface area contributed by atoms with Crippen LogP contribution in [0.2, 0.25) is 0 Å². The van der Waals surface area contributed by atoms with Crippen LogP contribution >= 0.6 is 0 Å². The highest BCUT2D eigenvalue weighted by Gasteiger charge is 2.13. The highest BCUT2D eigenvalue weighted by Crippen LogP contribution is 2.14. The summed E-state index contributed by atoms with van der Waals surface area (Å²) in [6.45, 7) is 1.23. The first-order valence-corrected chi connectivity index (χ1v) is 8.32. The van der Waals surface area contributed by atoms with Gasteiger partial charge in [0.05, 0.1) is 12.5 Å². The number of carbonyl (C=O) groups is 1. The van der Waals surface area contributed by atoms with Crippen molar-refractivity contribution in [3.05, 3.63) is 83.7 Å². The highest BCUT2D eigenvalue weighted by molar-refractivity contribution is 5.93. The number of amides is 1. The minimum atomic E-state index is -0.322. The molecule has 0 atom stereocenters. The average Bonchev–Trinajstić information content (AvgIpc) is 3.11. The predicted octanol–water partition coefficient (Wildman–Crippen LogP) is 3.00. The molecule has 1 heterocycles. The van der Waals surface area contributed by atoms with Gasteiger partial charge in [-0.15, -0.1) is 0 Å². The van der Waals surface area contributed by atoms with Gasteiger partial charge in [-0.25, -0.2) is 9.37 Å². The van der Waals surface area contributed by atoms with Crippen LogP contribution in [0.25, 0.3) is 5.69 Å². The lowest BCUT2D eigenvalue weighted by Crippen LogP contribution is -2.26. The minimum absolute atomic E-state index is 0.230. The summed E-state index contributed by atoms with van der Waals surface area (Å²) in [6, 6.07) is 14.0. The van der Waals surface area contributed by atoms with Crippen molar-refractivity contribution in [2.45, 2.75) is 13.1 Å². The van der Waals surface area contributed by atoms with Crippen LogP contribution in [0.1, 0.15) is 21.6 Å². The van der Waals surface area contributed by atoms with Gasteiger partial charge < -0.3 is 10.2 Å². The Morgan fingerprint density at radius 2 is 1.81 bits per heavy atom. The molecule has 1 aromatic heterocycles. The first-order chi connectivity index (χ1) is 12.5. The summed E-state index contributed by atoms with van der Waals surface area (Å²) in [7, 11) is 4.02. The number of hydrogen-bond donors (Lipinski definition) is 1. The van der Waals surface area contributed by atoms with Crippen LogP contribution < -0.4 is 5.32 Å². The smallest absolute Gasteiger partial charge is 0.270 e. The van der Waals surface area contributed by atoms with Crippen LogP contribution in [0.15, 0.2) is 61.1 Å². The highest BCUT2D eigenvalue weighted by atomic mass is 19.1. The van der Waals surface area contributed by atoms with Crippen molar-refractivity contribution < 1.29 is 9.18 Å². The number of nitrogens with zero attached hydrogens (tertiary/aromatic N) is 3. The van der Waals surface area contributed by atoms with Crippen LogP contribution in [-0.2, 0) is 13.1 Å². The SMILES string of the molecule is CN(C)Cc1ccccc1CNC(=O)c1cncn1-c1ccc(F)cc1. The first kappa shape index (κ1) is 17.8. The van der Waals surface area contributed by atoms with Crippen molar-refractivity contribution in [2.24, 2.45) is 0 Å². The third-order valence-electron chi connectivity index (χ3n) is 4.02. The first-order valence-electron chi connectivity index (χ1n) is 8.32. The summed E-state index contributed by atoms with van der Waals surface area (Å²) in [5.41, 5.74) is 3.33. The van der Waals surface area contributed by atoms with Gasteiger partial charge in [-0.3, -0.25) is 9.36 Å². The Morgan fingerprint density at radius 1 is 1.12 bits per heavy atom. The summed E-state index contributed by atoms with van der Waals surface area (Å²) in [5.74, 6) is -0.552. The van der Waals surface area contributed by atoms with Gasteiger partial charge in [-0.2, -0.15) is 0 Å². The fraction of sp³-hybridized carbons (Fsp3) is 0.200. The van der Waals surface area contributed by atoms with Gasteiger partial charge in [0.25, 0.3) is 5.91 Å². The van der Waals surface area contributed by atoms with E-state index in [0.29, 0.717) is 17.9 Å². The number of imidazole rings is 1. The van der Waals surface area contributed by atoms with Gasteiger partial charge in [0.15, 0.2) is 0 Å². The maximum Gasteiger partial charge on any atom is 0.270 e. The lowest BCUT2D eigenvalue weighted by Gasteiger charge is -2.15. The van der Waals surface area contributed by atoms with E-state index in [4.69, 9.17) is 0 Å². The van der Waals surface area contributed by atoms with Gasteiger partial charge in [0.1, 0.15) is 11.5 Å². The van der Waals surface area contributed by atoms with Gasteiger partial charge >= 0.3 is 0 Å². The van der Waals surface area contributed by atoms with Crippen LogP contribution in [0.4, 0.5) is 4.39 Å². The predicted molar refractivity (Wildman–Crippen MR) is 98.5 cm³/mol. The third kappa shape index (κ3) is 4.15. The molecule has 0 aliphatic carbocycles. The Bertz CT molecular complexity index is 887. The minimum Gasteiger partial charge on any atom is -0.347 e. The topological polar surface area (TPSA) is 50.2 Å². The zero-order valence-electron chi connectivity index (χ0n) is 14.8. The van der Waals surface area contributed by atoms with Crippen LogP contribution in [0, 0.1) is 5.82 Å². The van der Waals surface area contributed by atoms with E-state index in [0.717, 1.165) is 12.1 Å². The molecule has 1 amide bonds. The lowest BCUT2D eigenvalue weighted by molar-refractivity contribution is 0.0944. The van der Waals surface area contributed by atoms with Crippen LogP contribution in [0.3, 0.4) is 0 Å². The molecule has 134 valence electrons. The zero-order valence-corrected chi connectivity index (χ0v) is 14.8. The molecule has 26 heavy (non-hydrogen) atoms. The average molecular weight is 352 g/mol. The van der Waals surface area contributed by atoms with Crippen molar-refractivity contribution in [1.29, 1.82) is 0 Å². The fourth-order valence-corrected chi connectivity index (χ4v) is 2.76. The molecule has 0 saturated carbocycles. The molecule has 6 heteroatoms. The van der Waals surface area contributed by atoms with Crippen LogP contribution in [0.5, 0.6) is 0 Å². The Hall–Kier alpha value is -2.99. The molecule has 0 aliphatic heterocycles. The van der Waals surface area contributed by atoms with E-state index in [-0.39, 0.29) is 11.7 Å². The Morgan fingerprint density at radius 3 is 2.50 bits per heavy atom. The zero-order chi connectivity index (χ0) is 18.5. The second-order valence-corrected chi connectivity index (χ2v) is 6.31. The lowest BCUT2D eigenvalue weighted by atomic mass is 10.1. The van der Waals surface area contributed by atoms with Gasteiger partial charge in [-0.1, -0.05) is 24.3 Å². The van der Waals surface area contributed by atoms with Gasteiger partial charge in [0.2, 0.25) is 0 Å². The van der Waals surface area contributed by atoms with Crippen molar-refractivity contribution in [3.63, 3.8) is 0 Å². The number of nitrogens with one attached hydrogen (secondary N) is 1. The van der Waals surface area contributed by atoms with E-state index in [1.165, 1.54) is 23.9 Å². The third-order valence-corrected chi connectivity index (χ3v) is 4.02.